The maximum Gasteiger partial charge on any atom is 0.348 e. The number of nitrogens with zero attached hydrogens (tertiary/aromatic N) is 1. The normalized spacial score (nSPS) is 22.0. The summed E-state index contributed by atoms with van der Waals surface area (Å²) in [6.45, 7) is 11.0. The molecule has 1 saturated heterocycles. The fourth-order valence-corrected chi connectivity index (χ4v) is 5.37. The quantitative estimate of drug-likeness (QED) is 0.551. The number of carboxylic acid groups (broad SMARTS) is 1. The lowest BCUT2D eigenvalue weighted by atomic mass is 9.82. The number of rotatable bonds is 6. The molecule has 0 unspecified atom stereocenters. The van der Waals surface area contributed by atoms with Gasteiger partial charge in [0.05, 0.1) is 10.6 Å². The van der Waals surface area contributed by atoms with Crippen molar-refractivity contribution in [3.8, 4) is 11.8 Å². The molecule has 1 atom stereocenters. The molecule has 35 heavy (non-hydrogen) atoms. The van der Waals surface area contributed by atoms with Gasteiger partial charge in [-0.1, -0.05) is 18.8 Å². The molecule has 1 aliphatic carbocycles. The zero-order valence-corrected chi connectivity index (χ0v) is 22.3. The third kappa shape index (κ3) is 7.31. The third-order valence-corrected chi connectivity index (χ3v) is 7.69. The van der Waals surface area contributed by atoms with Crippen LogP contribution in [-0.4, -0.2) is 48.2 Å². The molecule has 3 rings (SSSR count). The Labute approximate surface area is 212 Å². The number of nitrogens with one attached hydrogen (secondary N) is 1. The van der Waals surface area contributed by atoms with E-state index in [1.807, 2.05) is 20.8 Å². The van der Waals surface area contributed by atoms with E-state index in [1.165, 1.54) is 4.90 Å². The van der Waals surface area contributed by atoms with Crippen LogP contribution in [0.25, 0.3) is 0 Å². The van der Waals surface area contributed by atoms with Crippen molar-refractivity contribution in [2.24, 2.45) is 17.3 Å². The van der Waals surface area contributed by atoms with Gasteiger partial charge >= 0.3 is 5.97 Å². The Balaban J connectivity index is 1.97. The van der Waals surface area contributed by atoms with Crippen LogP contribution in [-0.2, 0) is 14.3 Å². The molecule has 1 saturated carbocycles. The minimum atomic E-state index is -1.12. The molecule has 0 aromatic carbocycles. The van der Waals surface area contributed by atoms with E-state index in [4.69, 9.17) is 4.74 Å². The molecule has 2 heterocycles. The number of thiophene rings is 1. The summed E-state index contributed by atoms with van der Waals surface area (Å²) in [6.07, 6.45) is 4.83. The van der Waals surface area contributed by atoms with Crippen LogP contribution in [0.4, 0.5) is 5.69 Å². The molecule has 0 radical (unpaired) electrons. The summed E-state index contributed by atoms with van der Waals surface area (Å²) in [6, 6.07) is 0.802. The number of ether oxygens (including phenoxy) is 1. The highest BCUT2D eigenvalue weighted by Crippen LogP contribution is 2.36. The third-order valence-electron chi connectivity index (χ3n) is 6.66. The second-order valence-corrected chi connectivity index (χ2v) is 11.9. The Morgan fingerprint density at radius 1 is 1.14 bits per heavy atom. The lowest BCUT2D eigenvalue weighted by Crippen LogP contribution is -2.53. The Hall–Kier alpha value is -2.37. The molecular weight excluding hydrogens is 464 g/mol. The monoisotopic (exact) mass is 502 g/mol. The molecule has 1 aliphatic heterocycles. The first kappa shape index (κ1) is 27.2. The van der Waals surface area contributed by atoms with E-state index in [9.17, 15) is 19.5 Å². The van der Waals surface area contributed by atoms with Gasteiger partial charge in [0, 0.05) is 30.6 Å². The number of carbonyl (C=O) groups is 3. The van der Waals surface area contributed by atoms with Crippen molar-refractivity contribution < 1.29 is 24.2 Å². The molecule has 2 N–H and O–H groups in total. The number of anilines is 1. The average molecular weight is 503 g/mol. The fourth-order valence-electron chi connectivity index (χ4n) is 4.53. The van der Waals surface area contributed by atoms with Crippen LogP contribution in [0.3, 0.4) is 0 Å². The standard InChI is InChI=1S/C27H38N2O5S/c1-17-6-8-19(9-7-17)25(31)29(18(2)24(30)28-20-11-14-34-15-12-20)22-16-21(10-13-27(3,4)5)35-23(22)26(32)33/h16-20H,6-9,11-12,14-15H2,1-5H3,(H,28,30)(H,32,33)/t17-,18-,19-/m0/s1. The van der Waals surface area contributed by atoms with E-state index < -0.39 is 12.0 Å². The Morgan fingerprint density at radius 2 is 1.77 bits per heavy atom. The summed E-state index contributed by atoms with van der Waals surface area (Å²) in [4.78, 5) is 41.4. The van der Waals surface area contributed by atoms with Crippen LogP contribution in [0.5, 0.6) is 0 Å². The summed E-state index contributed by atoms with van der Waals surface area (Å²) in [7, 11) is 0. The summed E-state index contributed by atoms with van der Waals surface area (Å²) >= 11 is 1.05. The summed E-state index contributed by atoms with van der Waals surface area (Å²) in [5.74, 6) is 4.96. The van der Waals surface area contributed by atoms with Crippen molar-refractivity contribution >= 4 is 34.8 Å². The van der Waals surface area contributed by atoms with Crippen LogP contribution >= 0.6 is 11.3 Å². The van der Waals surface area contributed by atoms with Gasteiger partial charge in [0.25, 0.3) is 0 Å². The van der Waals surface area contributed by atoms with Gasteiger partial charge in [-0.05, 0) is 78.2 Å². The molecule has 1 aromatic rings. The molecule has 2 amide bonds. The highest BCUT2D eigenvalue weighted by Gasteiger charge is 2.37. The smallest absolute Gasteiger partial charge is 0.348 e. The van der Waals surface area contributed by atoms with E-state index in [1.54, 1.807) is 13.0 Å². The van der Waals surface area contributed by atoms with Crippen molar-refractivity contribution in [2.75, 3.05) is 18.1 Å². The molecular formula is C27H38N2O5S. The Kier molecular flexibility index (Phi) is 9.00. The van der Waals surface area contributed by atoms with Crippen molar-refractivity contribution in [3.63, 3.8) is 0 Å². The predicted octanol–water partition coefficient (Wildman–Crippen LogP) is 4.69. The Bertz CT molecular complexity index is 985. The van der Waals surface area contributed by atoms with Crippen LogP contribution in [0.15, 0.2) is 6.07 Å². The van der Waals surface area contributed by atoms with Crippen molar-refractivity contribution in [1.82, 2.24) is 5.32 Å². The first-order chi connectivity index (χ1) is 16.5. The van der Waals surface area contributed by atoms with Crippen LogP contribution < -0.4 is 10.2 Å². The van der Waals surface area contributed by atoms with Gasteiger partial charge in [-0.2, -0.15) is 0 Å². The highest BCUT2D eigenvalue weighted by molar-refractivity contribution is 7.15. The number of carbonyl (C=O) groups excluding carboxylic acids is 2. The molecule has 8 heteroatoms. The van der Waals surface area contributed by atoms with Crippen molar-refractivity contribution in [1.29, 1.82) is 0 Å². The van der Waals surface area contributed by atoms with E-state index in [-0.39, 0.29) is 39.8 Å². The van der Waals surface area contributed by atoms with E-state index in [0.29, 0.717) is 24.0 Å². The number of aromatic carboxylic acids is 1. The van der Waals surface area contributed by atoms with Gasteiger partial charge in [-0.25, -0.2) is 4.79 Å². The fraction of sp³-hybridized carbons (Fsp3) is 0.667. The SMILES string of the molecule is C[C@@H](C(=O)NC1CCOCC1)N(c1cc(C#CC(C)(C)C)sc1C(=O)O)C(=O)[C@H]1CC[C@H](C)CC1. The van der Waals surface area contributed by atoms with Crippen LogP contribution in [0, 0.1) is 29.1 Å². The van der Waals surface area contributed by atoms with Gasteiger partial charge in [0.1, 0.15) is 10.9 Å². The van der Waals surface area contributed by atoms with Crippen LogP contribution in [0.2, 0.25) is 0 Å². The zero-order valence-electron chi connectivity index (χ0n) is 21.5. The minimum absolute atomic E-state index is 0.0131. The molecule has 1 aromatic heterocycles. The lowest BCUT2D eigenvalue weighted by Gasteiger charge is -2.35. The van der Waals surface area contributed by atoms with Gasteiger partial charge in [0.15, 0.2) is 0 Å². The van der Waals surface area contributed by atoms with E-state index in [2.05, 4.69) is 24.1 Å². The summed E-state index contributed by atoms with van der Waals surface area (Å²) in [5, 5.41) is 13.0. The first-order valence-electron chi connectivity index (χ1n) is 12.6. The van der Waals surface area contributed by atoms with Gasteiger partial charge in [0.2, 0.25) is 11.8 Å². The number of carboxylic acids is 1. The van der Waals surface area contributed by atoms with Gasteiger partial charge < -0.3 is 15.2 Å². The number of amides is 2. The average Bonchev–Trinajstić information content (AvgIpc) is 3.22. The highest BCUT2D eigenvalue weighted by atomic mass is 32.1. The van der Waals surface area contributed by atoms with Crippen LogP contribution in [0.1, 0.15) is 87.7 Å². The topological polar surface area (TPSA) is 95.9 Å². The largest absolute Gasteiger partial charge is 0.477 e. The minimum Gasteiger partial charge on any atom is -0.477 e. The van der Waals surface area contributed by atoms with Gasteiger partial charge in [-0.3, -0.25) is 14.5 Å². The zero-order chi connectivity index (χ0) is 25.8. The lowest BCUT2D eigenvalue weighted by molar-refractivity contribution is -0.129. The van der Waals surface area contributed by atoms with Crippen molar-refractivity contribution in [3.05, 3.63) is 15.8 Å². The maximum absolute atomic E-state index is 13.8. The summed E-state index contributed by atoms with van der Waals surface area (Å²) in [5.41, 5.74) is 0.0117. The van der Waals surface area contributed by atoms with Crippen molar-refractivity contribution in [2.45, 2.75) is 85.2 Å². The predicted molar refractivity (Wildman–Crippen MR) is 138 cm³/mol. The number of hydrogen-bond donors (Lipinski definition) is 2. The second kappa shape index (κ2) is 11.6. The molecule has 192 valence electrons. The maximum atomic E-state index is 13.8. The Morgan fingerprint density at radius 3 is 2.34 bits per heavy atom. The molecule has 0 spiro atoms. The first-order valence-corrected chi connectivity index (χ1v) is 13.4. The second-order valence-electron chi connectivity index (χ2n) is 10.9. The summed E-state index contributed by atoms with van der Waals surface area (Å²) < 4.78 is 5.38. The van der Waals surface area contributed by atoms with E-state index in [0.717, 1.165) is 49.9 Å². The van der Waals surface area contributed by atoms with Gasteiger partial charge in [-0.15, -0.1) is 11.3 Å². The molecule has 0 bridgehead atoms. The molecule has 2 aliphatic rings. The molecule has 2 fully saturated rings. The number of hydrogen-bond acceptors (Lipinski definition) is 5. The van der Waals surface area contributed by atoms with E-state index >= 15 is 0 Å². The molecule has 7 nitrogen and oxygen atoms in total.